The number of nitrogens with one attached hydrogen (secondary N) is 1. The molecular formula is C11H22N2O2. The number of rotatable bonds is 4. The van der Waals surface area contributed by atoms with Gasteiger partial charge in [0.15, 0.2) is 0 Å². The molecule has 1 fully saturated rings. The van der Waals surface area contributed by atoms with Crippen LogP contribution in [0.4, 0.5) is 0 Å². The summed E-state index contributed by atoms with van der Waals surface area (Å²) in [7, 11) is 1.61. The van der Waals surface area contributed by atoms with E-state index in [4.69, 9.17) is 10.5 Å². The van der Waals surface area contributed by atoms with Gasteiger partial charge in [-0.2, -0.15) is 0 Å². The van der Waals surface area contributed by atoms with Crippen LogP contribution in [0.2, 0.25) is 0 Å². The maximum Gasteiger partial charge on any atom is 0.225 e. The maximum atomic E-state index is 11.7. The SMILES string of the molecule is COCC(C)C(=O)NC1CCCC(N)C1. The van der Waals surface area contributed by atoms with Gasteiger partial charge in [0.1, 0.15) is 0 Å². The Morgan fingerprint density at radius 1 is 1.60 bits per heavy atom. The first-order chi connectivity index (χ1) is 7.13. The zero-order chi connectivity index (χ0) is 11.3. The first-order valence-electron chi connectivity index (χ1n) is 5.68. The average molecular weight is 214 g/mol. The molecule has 4 heteroatoms. The molecule has 0 heterocycles. The molecule has 0 aromatic carbocycles. The highest BCUT2D eigenvalue weighted by molar-refractivity contribution is 5.78. The molecule has 88 valence electrons. The van der Waals surface area contributed by atoms with E-state index in [0.29, 0.717) is 6.61 Å². The Labute approximate surface area is 91.5 Å². The molecule has 15 heavy (non-hydrogen) atoms. The highest BCUT2D eigenvalue weighted by Crippen LogP contribution is 2.17. The van der Waals surface area contributed by atoms with Gasteiger partial charge in [0.2, 0.25) is 5.91 Å². The van der Waals surface area contributed by atoms with Crippen LogP contribution >= 0.6 is 0 Å². The molecule has 3 N–H and O–H groups in total. The highest BCUT2D eigenvalue weighted by Gasteiger charge is 2.22. The van der Waals surface area contributed by atoms with Gasteiger partial charge in [-0.05, 0) is 25.7 Å². The summed E-state index contributed by atoms with van der Waals surface area (Å²) in [6, 6.07) is 0.516. The summed E-state index contributed by atoms with van der Waals surface area (Å²) < 4.78 is 4.95. The Morgan fingerprint density at radius 3 is 2.93 bits per heavy atom. The third-order valence-electron chi connectivity index (χ3n) is 2.93. The van der Waals surface area contributed by atoms with Crippen molar-refractivity contribution in [2.45, 2.75) is 44.7 Å². The molecule has 1 rings (SSSR count). The first kappa shape index (κ1) is 12.5. The lowest BCUT2D eigenvalue weighted by molar-refractivity contribution is -0.126. The molecule has 0 aliphatic heterocycles. The van der Waals surface area contributed by atoms with E-state index in [0.717, 1.165) is 25.7 Å². The molecule has 3 atom stereocenters. The van der Waals surface area contributed by atoms with E-state index < -0.39 is 0 Å². The van der Waals surface area contributed by atoms with E-state index in [1.54, 1.807) is 7.11 Å². The van der Waals surface area contributed by atoms with Gasteiger partial charge in [-0.3, -0.25) is 4.79 Å². The predicted octanol–water partition coefficient (Wildman–Crippen LogP) is 0.655. The van der Waals surface area contributed by atoms with Gasteiger partial charge in [0, 0.05) is 19.2 Å². The number of nitrogens with two attached hydrogens (primary N) is 1. The number of hydrogen-bond acceptors (Lipinski definition) is 3. The van der Waals surface area contributed by atoms with Gasteiger partial charge < -0.3 is 15.8 Å². The van der Waals surface area contributed by atoms with Gasteiger partial charge in [-0.1, -0.05) is 6.92 Å². The molecule has 1 aliphatic rings. The number of methoxy groups -OCH3 is 1. The summed E-state index contributed by atoms with van der Waals surface area (Å²) in [5.74, 6) is 0.00380. The Bertz CT molecular complexity index is 209. The Hall–Kier alpha value is -0.610. The molecule has 1 aliphatic carbocycles. The monoisotopic (exact) mass is 214 g/mol. The van der Waals surface area contributed by atoms with Crippen LogP contribution in [-0.4, -0.2) is 31.7 Å². The summed E-state index contributed by atoms with van der Waals surface area (Å²) in [5.41, 5.74) is 5.86. The molecule has 0 radical (unpaired) electrons. The van der Waals surface area contributed by atoms with Crippen molar-refractivity contribution in [3.8, 4) is 0 Å². The molecule has 1 amide bonds. The molecule has 1 saturated carbocycles. The van der Waals surface area contributed by atoms with Gasteiger partial charge in [-0.15, -0.1) is 0 Å². The van der Waals surface area contributed by atoms with Crippen molar-refractivity contribution in [2.24, 2.45) is 11.7 Å². The smallest absolute Gasteiger partial charge is 0.225 e. The highest BCUT2D eigenvalue weighted by atomic mass is 16.5. The summed E-state index contributed by atoms with van der Waals surface area (Å²) in [6.07, 6.45) is 4.16. The minimum absolute atomic E-state index is 0.0758. The van der Waals surface area contributed by atoms with Crippen molar-refractivity contribution in [1.82, 2.24) is 5.32 Å². The van der Waals surface area contributed by atoms with Gasteiger partial charge >= 0.3 is 0 Å². The summed E-state index contributed by atoms with van der Waals surface area (Å²) >= 11 is 0. The van der Waals surface area contributed by atoms with E-state index >= 15 is 0 Å². The van der Waals surface area contributed by atoms with E-state index in [2.05, 4.69) is 5.32 Å². The van der Waals surface area contributed by atoms with Crippen LogP contribution in [0, 0.1) is 5.92 Å². The molecule has 3 unspecified atom stereocenters. The average Bonchev–Trinajstić information content (AvgIpc) is 2.18. The standard InChI is InChI=1S/C11H22N2O2/c1-8(7-15-2)11(14)13-10-5-3-4-9(12)6-10/h8-10H,3-7,12H2,1-2H3,(H,13,14). The van der Waals surface area contributed by atoms with Crippen LogP contribution in [-0.2, 0) is 9.53 Å². The molecule has 0 bridgehead atoms. The zero-order valence-corrected chi connectivity index (χ0v) is 9.66. The van der Waals surface area contributed by atoms with Crippen LogP contribution < -0.4 is 11.1 Å². The van der Waals surface area contributed by atoms with Crippen LogP contribution in [0.15, 0.2) is 0 Å². The van der Waals surface area contributed by atoms with Crippen molar-refractivity contribution in [3.05, 3.63) is 0 Å². The van der Waals surface area contributed by atoms with Crippen molar-refractivity contribution < 1.29 is 9.53 Å². The molecule has 0 saturated heterocycles. The molecular weight excluding hydrogens is 192 g/mol. The number of carbonyl (C=O) groups excluding carboxylic acids is 1. The lowest BCUT2D eigenvalue weighted by atomic mass is 9.91. The minimum atomic E-state index is -0.0758. The fourth-order valence-electron chi connectivity index (χ4n) is 2.03. The third kappa shape index (κ3) is 4.18. The normalized spacial score (nSPS) is 28.5. The second-order valence-electron chi connectivity index (χ2n) is 4.49. The van der Waals surface area contributed by atoms with E-state index in [9.17, 15) is 4.79 Å². The van der Waals surface area contributed by atoms with Crippen LogP contribution in [0.5, 0.6) is 0 Å². The lowest BCUT2D eigenvalue weighted by Gasteiger charge is -2.28. The van der Waals surface area contributed by atoms with Crippen molar-refractivity contribution in [2.75, 3.05) is 13.7 Å². The van der Waals surface area contributed by atoms with Gasteiger partial charge in [-0.25, -0.2) is 0 Å². The maximum absolute atomic E-state index is 11.7. The summed E-state index contributed by atoms with van der Waals surface area (Å²) in [4.78, 5) is 11.7. The Kier molecular flexibility index (Phi) is 5.05. The van der Waals surface area contributed by atoms with Crippen LogP contribution in [0.3, 0.4) is 0 Å². The van der Waals surface area contributed by atoms with Crippen LogP contribution in [0.25, 0.3) is 0 Å². The lowest BCUT2D eigenvalue weighted by Crippen LogP contribution is -2.44. The number of carbonyl (C=O) groups is 1. The fourth-order valence-corrected chi connectivity index (χ4v) is 2.03. The van der Waals surface area contributed by atoms with Gasteiger partial charge in [0.25, 0.3) is 0 Å². The quantitative estimate of drug-likeness (QED) is 0.722. The summed E-state index contributed by atoms with van der Waals surface area (Å²) in [5, 5.41) is 3.03. The van der Waals surface area contributed by atoms with Crippen molar-refractivity contribution in [1.29, 1.82) is 0 Å². The number of ether oxygens (including phenoxy) is 1. The Balaban J connectivity index is 2.30. The molecule has 0 spiro atoms. The van der Waals surface area contributed by atoms with Crippen molar-refractivity contribution in [3.63, 3.8) is 0 Å². The van der Waals surface area contributed by atoms with E-state index in [1.807, 2.05) is 6.92 Å². The summed E-state index contributed by atoms with van der Waals surface area (Å²) in [6.45, 7) is 2.35. The second-order valence-corrected chi connectivity index (χ2v) is 4.49. The minimum Gasteiger partial charge on any atom is -0.384 e. The second kappa shape index (κ2) is 6.08. The van der Waals surface area contributed by atoms with Crippen molar-refractivity contribution >= 4 is 5.91 Å². The third-order valence-corrected chi connectivity index (χ3v) is 2.93. The Morgan fingerprint density at radius 2 is 2.33 bits per heavy atom. The first-order valence-corrected chi connectivity index (χ1v) is 5.68. The molecule has 0 aromatic rings. The number of hydrogen-bond donors (Lipinski definition) is 2. The van der Waals surface area contributed by atoms with Gasteiger partial charge in [0.05, 0.1) is 12.5 Å². The zero-order valence-electron chi connectivity index (χ0n) is 9.66. The largest absolute Gasteiger partial charge is 0.384 e. The van der Waals surface area contributed by atoms with Crippen LogP contribution in [0.1, 0.15) is 32.6 Å². The van der Waals surface area contributed by atoms with E-state index in [-0.39, 0.29) is 23.9 Å². The fraction of sp³-hybridized carbons (Fsp3) is 0.909. The number of amides is 1. The topological polar surface area (TPSA) is 64.3 Å². The predicted molar refractivity (Wildman–Crippen MR) is 59.4 cm³/mol. The molecule has 0 aromatic heterocycles. The molecule has 4 nitrogen and oxygen atoms in total. The van der Waals surface area contributed by atoms with E-state index in [1.165, 1.54) is 0 Å².